The second-order valence-corrected chi connectivity index (χ2v) is 7.02. The Morgan fingerprint density at radius 3 is 2.29 bits per heavy atom. The van der Waals surface area contributed by atoms with Gasteiger partial charge in [0.25, 0.3) is 0 Å². The fraction of sp³-hybridized carbons (Fsp3) is 0.889. The standard InChI is InChI=1S/C18H34N4O.HI/c1-19-18(20-13-5-9-15-7-3-2-4-8-15)21-14-6-10-17(23)22-16-11-12-16;/h15-16H,2-14H2,1H3,(H,22,23)(H2,19,20,21);1H. The average molecular weight is 450 g/mol. The summed E-state index contributed by atoms with van der Waals surface area (Å²) in [5, 5.41) is 9.69. The lowest BCUT2D eigenvalue weighted by atomic mass is 9.86. The normalized spacial score (nSPS) is 18.6. The maximum absolute atomic E-state index is 11.6. The number of carbonyl (C=O) groups excluding carboxylic acids is 1. The van der Waals surface area contributed by atoms with Crippen LogP contribution >= 0.6 is 24.0 Å². The first kappa shape index (κ1) is 21.5. The highest BCUT2D eigenvalue weighted by molar-refractivity contribution is 14.0. The molecule has 0 aromatic rings. The molecule has 1 amide bonds. The molecule has 24 heavy (non-hydrogen) atoms. The molecule has 0 atom stereocenters. The van der Waals surface area contributed by atoms with E-state index in [0.717, 1.165) is 44.2 Å². The lowest BCUT2D eigenvalue weighted by Gasteiger charge is -2.21. The highest BCUT2D eigenvalue weighted by atomic mass is 127. The summed E-state index contributed by atoms with van der Waals surface area (Å²) in [6, 6.07) is 0.467. The van der Waals surface area contributed by atoms with Gasteiger partial charge in [-0.05, 0) is 38.0 Å². The van der Waals surface area contributed by atoms with Crippen molar-refractivity contribution in [2.24, 2.45) is 10.9 Å². The van der Waals surface area contributed by atoms with Crippen molar-refractivity contribution in [3.63, 3.8) is 0 Å². The quantitative estimate of drug-likeness (QED) is 0.219. The maximum Gasteiger partial charge on any atom is 0.220 e. The molecule has 2 saturated carbocycles. The molecule has 0 radical (unpaired) electrons. The molecular formula is C18H35IN4O. The summed E-state index contributed by atoms with van der Waals surface area (Å²) >= 11 is 0. The first-order valence-electron chi connectivity index (χ1n) is 9.52. The first-order chi connectivity index (χ1) is 11.3. The fourth-order valence-corrected chi connectivity index (χ4v) is 3.28. The third-order valence-corrected chi connectivity index (χ3v) is 4.85. The molecule has 5 nitrogen and oxygen atoms in total. The maximum atomic E-state index is 11.6. The van der Waals surface area contributed by atoms with Crippen LogP contribution in [0.3, 0.4) is 0 Å². The second kappa shape index (κ2) is 12.8. The van der Waals surface area contributed by atoms with Crippen LogP contribution in [0.25, 0.3) is 0 Å². The molecule has 2 aliphatic carbocycles. The van der Waals surface area contributed by atoms with Crippen LogP contribution in [0, 0.1) is 5.92 Å². The molecular weight excluding hydrogens is 415 g/mol. The molecule has 0 spiro atoms. The van der Waals surface area contributed by atoms with Crippen molar-refractivity contribution < 1.29 is 4.79 Å². The van der Waals surface area contributed by atoms with E-state index < -0.39 is 0 Å². The minimum atomic E-state index is 0. The van der Waals surface area contributed by atoms with Crippen LogP contribution in [0.5, 0.6) is 0 Å². The van der Waals surface area contributed by atoms with Gasteiger partial charge in [0.2, 0.25) is 5.91 Å². The van der Waals surface area contributed by atoms with E-state index in [1.165, 1.54) is 44.9 Å². The number of nitrogens with zero attached hydrogens (tertiary/aromatic N) is 1. The van der Waals surface area contributed by atoms with Crippen LogP contribution in [0.4, 0.5) is 0 Å². The zero-order valence-corrected chi connectivity index (χ0v) is 17.4. The predicted molar refractivity (Wildman–Crippen MR) is 111 cm³/mol. The van der Waals surface area contributed by atoms with Gasteiger partial charge in [0.05, 0.1) is 0 Å². The number of aliphatic imine (C=N–C) groups is 1. The molecule has 3 N–H and O–H groups in total. The van der Waals surface area contributed by atoms with E-state index in [-0.39, 0.29) is 29.9 Å². The Balaban J connectivity index is 0.00000288. The van der Waals surface area contributed by atoms with Gasteiger partial charge in [-0.15, -0.1) is 24.0 Å². The largest absolute Gasteiger partial charge is 0.356 e. The number of halogens is 1. The van der Waals surface area contributed by atoms with Crippen LogP contribution in [0.1, 0.15) is 70.6 Å². The van der Waals surface area contributed by atoms with Gasteiger partial charge in [-0.2, -0.15) is 0 Å². The topological polar surface area (TPSA) is 65.5 Å². The van der Waals surface area contributed by atoms with E-state index >= 15 is 0 Å². The number of amides is 1. The molecule has 2 rings (SSSR count). The van der Waals surface area contributed by atoms with Crippen molar-refractivity contribution in [2.75, 3.05) is 20.1 Å². The number of carbonyl (C=O) groups is 1. The van der Waals surface area contributed by atoms with Crippen molar-refractivity contribution in [3.05, 3.63) is 0 Å². The van der Waals surface area contributed by atoms with Crippen LogP contribution in [0.2, 0.25) is 0 Å². The highest BCUT2D eigenvalue weighted by Crippen LogP contribution is 2.26. The van der Waals surface area contributed by atoms with Gasteiger partial charge in [-0.1, -0.05) is 32.1 Å². The van der Waals surface area contributed by atoms with E-state index in [4.69, 9.17) is 0 Å². The fourth-order valence-electron chi connectivity index (χ4n) is 3.28. The van der Waals surface area contributed by atoms with Crippen LogP contribution in [-0.2, 0) is 4.79 Å². The van der Waals surface area contributed by atoms with E-state index in [1.807, 2.05) is 0 Å². The first-order valence-corrected chi connectivity index (χ1v) is 9.52. The molecule has 0 aliphatic heterocycles. The zero-order valence-electron chi connectivity index (χ0n) is 15.1. The summed E-state index contributed by atoms with van der Waals surface area (Å²) in [6.45, 7) is 1.78. The lowest BCUT2D eigenvalue weighted by molar-refractivity contribution is -0.121. The molecule has 140 valence electrons. The van der Waals surface area contributed by atoms with Gasteiger partial charge in [0.15, 0.2) is 5.96 Å². The number of guanidine groups is 1. The van der Waals surface area contributed by atoms with Crippen molar-refractivity contribution in [1.29, 1.82) is 0 Å². The third kappa shape index (κ3) is 9.69. The zero-order chi connectivity index (χ0) is 16.3. The molecule has 0 unspecified atom stereocenters. The van der Waals surface area contributed by atoms with E-state index in [2.05, 4.69) is 20.9 Å². The minimum absolute atomic E-state index is 0. The van der Waals surface area contributed by atoms with Gasteiger partial charge < -0.3 is 16.0 Å². The minimum Gasteiger partial charge on any atom is -0.356 e. The van der Waals surface area contributed by atoms with Crippen molar-refractivity contribution in [2.45, 2.75) is 76.7 Å². The average Bonchev–Trinajstić information content (AvgIpc) is 3.38. The summed E-state index contributed by atoms with van der Waals surface area (Å²) < 4.78 is 0. The Hall–Kier alpha value is -0.530. The van der Waals surface area contributed by atoms with E-state index in [1.54, 1.807) is 7.05 Å². The lowest BCUT2D eigenvalue weighted by Crippen LogP contribution is -2.38. The third-order valence-electron chi connectivity index (χ3n) is 4.85. The molecule has 0 bridgehead atoms. The summed E-state index contributed by atoms with van der Waals surface area (Å²) in [6.07, 6.45) is 13.5. The van der Waals surface area contributed by atoms with Crippen molar-refractivity contribution in [3.8, 4) is 0 Å². The molecule has 0 saturated heterocycles. The summed E-state index contributed by atoms with van der Waals surface area (Å²) in [7, 11) is 1.80. The Kier molecular flexibility index (Phi) is 11.5. The van der Waals surface area contributed by atoms with Crippen LogP contribution in [-0.4, -0.2) is 38.0 Å². The van der Waals surface area contributed by atoms with Crippen molar-refractivity contribution >= 4 is 35.8 Å². The van der Waals surface area contributed by atoms with Gasteiger partial charge in [0.1, 0.15) is 0 Å². The Morgan fingerprint density at radius 1 is 1.00 bits per heavy atom. The number of hydrogen-bond acceptors (Lipinski definition) is 2. The summed E-state index contributed by atoms with van der Waals surface area (Å²) in [4.78, 5) is 15.8. The molecule has 2 fully saturated rings. The number of hydrogen-bond donors (Lipinski definition) is 3. The number of rotatable bonds is 9. The predicted octanol–water partition coefficient (Wildman–Crippen LogP) is 3.19. The van der Waals surface area contributed by atoms with Crippen LogP contribution < -0.4 is 16.0 Å². The SMILES string of the molecule is CN=C(NCCCC(=O)NC1CC1)NCCCC1CCCCC1.I. The van der Waals surface area contributed by atoms with Gasteiger partial charge in [0, 0.05) is 32.6 Å². The Bertz CT molecular complexity index is 379. The Labute approximate surface area is 164 Å². The molecule has 6 heteroatoms. The summed E-state index contributed by atoms with van der Waals surface area (Å²) in [5.74, 6) is 1.99. The highest BCUT2D eigenvalue weighted by Gasteiger charge is 2.22. The smallest absolute Gasteiger partial charge is 0.220 e. The Morgan fingerprint density at radius 2 is 1.67 bits per heavy atom. The molecule has 0 aromatic carbocycles. The van der Waals surface area contributed by atoms with Gasteiger partial charge in [-0.3, -0.25) is 9.79 Å². The summed E-state index contributed by atoms with van der Waals surface area (Å²) in [5.41, 5.74) is 0. The van der Waals surface area contributed by atoms with Crippen LogP contribution in [0.15, 0.2) is 4.99 Å². The van der Waals surface area contributed by atoms with Gasteiger partial charge >= 0.3 is 0 Å². The monoisotopic (exact) mass is 450 g/mol. The number of nitrogens with one attached hydrogen (secondary N) is 3. The van der Waals surface area contributed by atoms with Crippen molar-refractivity contribution in [1.82, 2.24) is 16.0 Å². The molecule has 0 heterocycles. The molecule has 0 aromatic heterocycles. The van der Waals surface area contributed by atoms with E-state index in [0.29, 0.717) is 12.5 Å². The van der Waals surface area contributed by atoms with E-state index in [9.17, 15) is 4.79 Å². The second-order valence-electron chi connectivity index (χ2n) is 7.02. The molecule has 2 aliphatic rings. The van der Waals surface area contributed by atoms with Gasteiger partial charge in [-0.25, -0.2) is 0 Å².